The van der Waals surface area contributed by atoms with Gasteiger partial charge in [-0.1, -0.05) is 12.1 Å². The molecule has 3 nitrogen and oxygen atoms in total. The summed E-state index contributed by atoms with van der Waals surface area (Å²) in [5.74, 6) is 0.172. The highest BCUT2D eigenvalue weighted by molar-refractivity contribution is 7.98. The number of ether oxygens (including phenoxy) is 2. The van der Waals surface area contributed by atoms with Crippen LogP contribution in [0.1, 0.15) is 37.0 Å². The van der Waals surface area contributed by atoms with E-state index >= 15 is 0 Å². The maximum Gasteiger partial charge on any atom is 0.166 e. The maximum atomic E-state index is 12.6. The minimum atomic E-state index is -0.0248. The summed E-state index contributed by atoms with van der Waals surface area (Å²) in [4.78, 5) is 13.8. The maximum absolute atomic E-state index is 12.6. The summed E-state index contributed by atoms with van der Waals surface area (Å²) >= 11 is 1.68. The van der Waals surface area contributed by atoms with Gasteiger partial charge in [0.25, 0.3) is 0 Å². The molecule has 1 rings (SSSR count). The highest BCUT2D eigenvalue weighted by Gasteiger charge is 2.19. The summed E-state index contributed by atoms with van der Waals surface area (Å²) in [5.41, 5.74) is 0.783. The van der Waals surface area contributed by atoms with Crippen LogP contribution in [0.2, 0.25) is 0 Å². The Bertz CT molecular complexity index is 393. The SMILES string of the molecule is CCOCCC(CCOCC)C(=O)c1ccc(SC)cc1. The first-order valence-electron chi connectivity index (χ1n) is 7.56. The van der Waals surface area contributed by atoms with Gasteiger partial charge in [0.1, 0.15) is 0 Å². The number of carbonyl (C=O) groups is 1. The Morgan fingerprint density at radius 3 is 2.00 bits per heavy atom. The lowest BCUT2D eigenvalue weighted by molar-refractivity contribution is 0.0760. The number of hydrogen-bond donors (Lipinski definition) is 0. The largest absolute Gasteiger partial charge is 0.382 e. The summed E-state index contributed by atoms with van der Waals surface area (Å²) in [7, 11) is 0. The Kier molecular flexibility index (Phi) is 9.39. The fraction of sp³-hybridized carbons (Fsp3) is 0.588. The van der Waals surface area contributed by atoms with Crippen molar-refractivity contribution in [3.63, 3.8) is 0 Å². The molecule has 118 valence electrons. The van der Waals surface area contributed by atoms with Gasteiger partial charge < -0.3 is 9.47 Å². The molecule has 0 saturated heterocycles. The molecule has 0 aliphatic rings. The second-order valence-corrected chi connectivity index (χ2v) is 5.64. The lowest BCUT2D eigenvalue weighted by Gasteiger charge is -2.16. The van der Waals surface area contributed by atoms with Crippen molar-refractivity contribution < 1.29 is 14.3 Å². The van der Waals surface area contributed by atoms with Crippen LogP contribution in [0.25, 0.3) is 0 Å². The minimum Gasteiger partial charge on any atom is -0.382 e. The third-order valence-electron chi connectivity index (χ3n) is 3.37. The van der Waals surface area contributed by atoms with Crippen LogP contribution in [-0.4, -0.2) is 38.5 Å². The van der Waals surface area contributed by atoms with Gasteiger partial charge in [-0.2, -0.15) is 0 Å². The van der Waals surface area contributed by atoms with Crippen LogP contribution in [0, 0.1) is 5.92 Å². The number of hydrogen-bond acceptors (Lipinski definition) is 4. The molecule has 0 saturated carbocycles. The number of ketones is 1. The van der Waals surface area contributed by atoms with Gasteiger partial charge in [-0.05, 0) is 45.1 Å². The Labute approximate surface area is 132 Å². The van der Waals surface area contributed by atoms with E-state index in [2.05, 4.69) is 0 Å². The van der Waals surface area contributed by atoms with Crippen LogP contribution < -0.4 is 0 Å². The molecule has 0 unspecified atom stereocenters. The van der Waals surface area contributed by atoms with E-state index in [0.717, 1.165) is 18.4 Å². The van der Waals surface area contributed by atoms with Gasteiger partial charge >= 0.3 is 0 Å². The zero-order valence-corrected chi connectivity index (χ0v) is 14.1. The normalized spacial score (nSPS) is 11.0. The van der Waals surface area contributed by atoms with Gasteiger partial charge in [0.15, 0.2) is 5.78 Å². The van der Waals surface area contributed by atoms with Crippen molar-refractivity contribution in [3.05, 3.63) is 29.8 Å². The number of benzene rings is 1. The van der Waals surface area contributed by atoms with E-state index in [-0.39, 0.29) is 11.7 Å². The first-order chi connectivity index (χ1) is 10.2. The van der Waals surface area contributed by atoms with Crippen LogP contribution in [0.5, 0.6) is 0 Å². The molecule has 0 aliphatic heterocycles. The average molecular weight is 310 g/mol. The van der Waals surface area contributed by atoms with Gasteiger partial charge in [0.05, 0.1) is 0 Å². The van der Waals surface area contributed by atoms with Crippen molar-refractivity contribution >= 4 is 17.5 Å². The molecule has 4 heteroatoms. The molecule has 21 heavy (non-hydrogen) atoms. The number of thioether (sulfide) groups is 1. The predicted molar refractivity (Wildman–Crippen MR) is 88.3 cm³/mol. The van der Waals surface area contributed by atoms with Crippen molar-refractivity contribution in [2.24, 2.45) is 5.92 Å². The molecule has 1 aromatic rings. The number of Topliss-reactive ketones (excluding diaryl/α,β-unsaturated/α-hetero) is 1. The van der Waals surface area contributed by atoms with E-state index in [9.17, 15) is 4.79 Å². The minimum absolute atomic E-state index is 0.0248. The van der Waals surface area contributed by atoms with Crippen molar-refractivity contribution in [3.8, 4) is 0 Å². The zero-order valence-electron chi connectivity index (χ0n) is 13.3. The fourth-order valence-electron chi connectivity index (χ4n) is 2.14. The lowest BCUT2D eigenvalue weighted by atomic mass is 9.92. The third-order valence-corrected chi connectivity index (χ3v) is 4.12. The first kappa shape index (κ1) is 18.2. The highest BCUT2D eigenvalue weighted by Crippen LogP contribution is 2.20. The molecule has 1 aromatic carbocycles. The fourth-order valence-corrected chi connectivity index (χ4v) is 2.55. The van der Waals surface area contributed by atoms with E-state index in [1.165, 1.54) is 4.90 Å². The Hall–Kier alpha value is -0.840. The van der Waals surface area contributed by atoms with Crippen LogP contribution in [0.3, 0.4) is 0 Å². The van der Waals surface area contributed by atoms with Gasteiger partial charge in [-0.3, -0.25) is 4.79 Å². The zero-order chi connectivity index (χ0) is 15.5. The molecule has 0 amide bonds. The van der Waals surface area contributed by atoms with Gasteiger partial charge in [0.2, 0.25) is 0 Å². The van der Waals surface area contributed by atoms with Crippen LogP contribution >= 0.6 is 11.8 Å². The Balaban J connectivity index is 2.66. The Morgan fingerprint density at radius 2 is 1.57 bits per heavy atom. The first-order valence-corrected chi connectivity index (χ1v) is 8.79. The summed E-state index contributed by atoms with van der Waals surface area (Å²) < 4.78 is 10.8. The average Bonchev–Trinajstić information content (AvgIpc) is 2.53. The van der Waals surface area contributed by atoms with Crippen LogP contribution in [0.15, 0.2) is 29.2 Å². The summed E-state index contributed by atoms with van der Waals surface area (Å²) in [5, 5.41) is 0. The smallest absolute Gasteiger partial charge is 0.166 e. The molecule has 0 fully saturated rings. The summed E-state index contributed by atoms with van der Waals surface area (Å²) in [6.45, 7) is 6.57. The number of carbonyl (C=O) groups excluding carboxylic acids is 1. The second-order valence-electron chi connectivity index (χ2n) is 4.76. The molecular weight excluding hydrogens is 284 g/mol. The van der Waals surface area contributed by atoms with Crippen molar-refractivity contribution in [1.82, 2.24) is 0 Å². The molecule has 0 heterocycles. The van der Waals surface area contributed by atoms with Gasteiger partial charge in [-0.15, -0.1) is 11.8 Å². The topological polar surface area (TPSA) is 35.5 Å². The number of rotatable bonds is 11. The summed E-state index contributed by atoms with van der Waals surface area (Å²) in [6, 6.07) is 7.84. The van der Waals surface area contributed by atoms with E-state index in [0.29, 0.717) is 26.4 Å². The highest BCUT2D eigenvalue weighted by atomic mass is 32.2. The standard InChI is InChI=1S/C17H26O3S/c1-4-19-12-10-15(11-13-20-5-2)17(18)14-6-8-16(21-3)9-7-14/h6-9,15H,4-5,10-13H2,1-3H3. The van der Waals surface area contributed by atoms with Crippen LogP contribution in [-0.2, 0) is 9.47 Å². The van der Waals surface area contributed by atoms with E-state index in [1.54, 1.807) is 11.8 Å². The molecule has 0 spiro atoms. The monoisotopic (exact) mass is 310 g/mol. The molecule has 0 radical (unpaired) electrons. The molecular formula is C17H26O3S. The van der Waals surface area contributed by atoms with Crippen molar-refractivity contribution in [1.29, 1.82) is 0 Å². The molecule has 0 aliphatic carbocycles. The lowest BCUT2D eigenvalue weighted by Crippen LogP contribution is -2.19. The molecule has 0 bridgehead atoms. The van der Waals surface area contributed by atoms with E-state index in [1.807, 2.05) is 44.4 Å². The van der Waals surface area contributed by atoms with Crippen LogP contribution in [0.4, 0.5) is 0 Å². The Morgan fingerprint density at radius 1 is 1.05 bits per heavy atom. The van der Waals surface area contributed by atoms with Gasteiger partial charge in [-0.25, -0.2) is 0 Å². The molecule has 0 aromatic heterocycles. The quantitative estimate of drug-likeness (QED) is 0.351. The molecule has 0 atom stereocenters. The summed E-state index contributed by atoms with van der Waals surface area (Å²) in [6.07, 6.45) is 3.54. The van der Waals surface area contributed by atoms with E-state index < -0.39 is 0 Å². The van der Waals surface area contributed by atoms with Crippen molar-refractivity contribution in [2.45, 2.75) is 31.6 Å². The predicted octanol–water partition coefficient (Wildman–Crippen LogP) is 4.06. The molecule has 0 N–H and O–H groups in total. The third kappa shape index (κ3) is 6.64. The van der Waals surface area contributed by atoms with E-state index in [4.69, 9.17) is 9.47 Å². The van der Waals surface area contributed by atoms with Crippen molar-refractivity contribution in [2.75, 3.05) is 32.7 Å². The van der Waals surface area contributed by atoms with Gasteiger partial charge in [0, 0.05) is 42.8 Å². The second kappa shape index (κ2) is 10.8.